The third-order valence-corrected chi connectivity index (χ3v) is 7.55. The molecule has 0 spiro atoms. The van der Waals surface area contributed by atoms with Crippen LogP contribution in [-0.2, 0) is 17.8 Å². The molecular weight excluding hydrogens is 466 g/mol. The Kier molecular flexibility index (Phi) is 6.82. The fraction of sp³-hybridized carbons (Fsp3) is 0.429. The molecule has 4 aromatic rings. The molecule has 37 heavy (non-hydrogen) atoms. The zero-order chi connectivity index (χ0) is 25.2. The summed E-state index contributed by atoms with van der Waals surface area (Å²) < 4.78 is 7.72. The van der Waals surface area contributed by atoms with Crippen molar-refractivity contribution in [2.24, 2.45) is 0 Å². The number of aryl methyl sites for hydroxylation is 1. The van der Waals surface area contributed by atoms with Crippen molar-refractivity contribution in [3.8, 4) is 0 Å². The molecule has 2 saturated heterocycles. The Balaban J connectivity index is 1.33. The summed E-state index contributed by atoms with van der Waals surface area (Å²) in [6, 6.07) is 18.3. The summed E-state index contributed by atoms with van der Waals surface area (Å²) in [4.78, 5) is 21.4. The minimum atomic E-state index is -0.344. The molecule has 4 heterocycles. The molecule has 0 radical (unpaired) electrons. The number of nitrogens with zero attached hydrogens (tertiary/aromatic N) is 6. The van der Waals surface area contributed by atoms with Gasteiger partial charge in [0.15, 0.2) is 5.82 Å². The zero-order valence-corrected chi connectivity index (χ0v) is 21.2. The third-order valence-electron chi connectivity index (χ3n) is 7.55. The number of H-pyrrole nitrogens is 1. The molecule has 2 atom stereocenters. The van der Waals surface area contributed by atoms with Gasteiger partial charge in [-0.05, 0) is 59.3 Å². The van der Waals surface area contributed by atoms with E-state index >= 15 is 0 Å². The molecule has 2 aromatic carbocycles. The summed E-state index contributed by atoms with van der Waals surface area (Å²) in [6.45, 7) is 7.80. The smallest absolute Gasteiger partial charge is 0.253 e. The minimum Gasteiger partial charge on any atom is -0.376 e. The Morgan fingerprint density at radius 2 is 1.92 bits per heavy atom. The monoisotopic (exact) mass is 499 g/mol. The standard InChI is InChI=1S/C28H33N7O2/c1-20-9-10-25-22(16-20)17-24(28(36)29-25)26(27-30-31-32-35(27)19-23-8-5-15-37-23)34-13-11-33(12-14-34)18-21-6-3-2-4-7-21/h2-4,6-7,9-10,16-17,23,26H,5,8,11-15,18-19H2,1H3,(H,29,36)/t23-,26+/m1/s1. The Hall–Kier alpha value is -3.40. The molecule has 9 nitrogen and oxygen atoms in total. The van der Waals surface area contributed by atoms with Crippen LogP contribution in [0.2, 0.25) is 0 Å². The lowest BCUT2D eigenvalue weighted by molar-refractivity contribution is 0.0840. The molecule has 2 aliphatic rings. The van der Waals surface area contributed by atoms with Crippen LogP contribution in [-0.4, -0.2) is 73.9 Å². The first kappa shape index (κ1) is 24.0. The van der Waals surface area contributed by atoms with Gasteiger partial charge in [0.1, 0.15) is 6.04 Å². The number of nitrogens with one attached hydrogen (secondary N) is 1. The predicted octanol–water partition coefficient (Wildman–Crippen LogP) is 2.91. The van der Waals surface area contributed by atoms with E-state index in [-0.39, 0.29) is 17.7 Å². The first-order valence-corrected chi connectivity index (χ1v) is 13.2. The number of piperazine rings is 1. The number of tetrazole rings is 1. The van der Waals surface area contributed by atoms with Gasteiger partial charge in [0, 0.05) is 50.4 Å². The topological polar surface area (TPSA) is 92.2 Å². The van der Waals surface area contributed by atoms with E-state index in [4.69, 9.17) is 4.74 Å². The van der Waals surface area contributed by atoms with Crippen LogP contribution in [0, 0.1) is 6.92 Å². The van der Waals surface area contributed by atoms with Crippen LogP contribution >= 0.6 is 0 Å². The van der Waals surface area contributed by atoms with E-state index in [2.05, 4.69) is 73.6 Å². The molecule has 0 amide bonds. The number of hydrogen-bond acceptors (Lipinski definition) is 7. The molecule has 0 bridgehead atoms. The van der Waals surface area contributed by atoms with E-state index < -0.39 is 0 Å². The van der Waals surface area contributed by atoms with Crippen molar-refractivity contribution in [3.63, 3.8) is 0 Å². The predicted molar refractivity (Wildman–Crippen MR) is 141 cm³/mol. The number of aromatic nitrogens is 5. The van der Waals surface area contributed by atoms with Gasteiger partial charge < -0.3 is 9.72 Å². The largest absolute Gasteiger partial charge is 0.376 e. The Morgan fingerprint density at radius 3 is 2.70 bits per heavy atom. The quantitative estimate of drug-likeness (QED) is 0.418. The molecule has 9 heteroatoms. The molecule has 192 valence electrons. The van der Waals surface area contributed by atoms with E-state index in [1.807, 2.05) is 22.9 Å². The second kappa shape index (κ2) is 10.5. The molecule has 0 saturated carbocycles. The summed E-state index contributed by atoms with van der Waals surface area (Å²) >= 11 is 0. The Labute approximate surface area is 216 Å². The highest BCUT2D eigenvalue weighted by molar-refractivity contribution is 5.79. The first-order chi connectivity index (χ1) is 18.1. The maximum Gasteiger partial charge on any atom is 0.253 e. The van der Waals surface area contributed by atoms with Crippen LogP contribution in [0.15, 0.2) is 59.4 Å². The number of hydrogen-bond donors (Lipinski definition) is 1. The van der Waals surface area contributed by atoms with Gasteiger partial charge in [-0.25, -0.2) is 4.68 Å². The van der Waals surface area contributed by atoms with Gasteiger partial charge in [-0.1, -0.05) is 42.0 Å². The summed E-state index contributed by atoms with van der Waals surface area (Å²) in [5, 5.41) is 13.9. The number of rotatable bonds is 7. The molecule has 2 fully saturated rings. The van der Waals surface area contributed by atoms with E-state index in [1.165, 1.54) is 5.56 Å². The summed E-state index contributed by atoms with van der Waals surface area (Å²) in [7, 11) is 0. The van der Waals surface area contributed by atoms with Crippen molar-refractivity contribution in [2.75, 3.05) is 32.8 Å². The third kappa shape index (κ3) is 5.20. The summed E-state index contributed by atoms with van der Waals surface area (Å²) in [5.41, 5.74) is 3.89. The maximum absolute atomic E-state index is 13.5. The van der Waals surface area contributed by atoms with Crippen LogP contribution in [0.25, 0.3) is 10.9 Å². The number of fused-ring (bicyclic) bond motifs is 1. The first-order valence-electron chi connectivity index (χ1n) is 13.2. The van der Waals surface area contributed by atoms with E-state index in [0.717, 1.165) is 68.6 Å². The fourth-order valence-electron chi connectivity index (χ4n) is 5.59. The average Bonchev–Trinajstić information content (AvgIpc) is 3.59. The van der Waals surface area contributed by atoms with Gasteiger partial charge in [0.05, 0.1) is 12.6 Å². The fourth-order valence-corrected chi connectivity index (χ4v) is 5.59. The Bertz CT molecular complexity index is 1400. The van der Waals surface area contributed by atoms with E-state index in [9.17, 15) is 4.79 Å². The molecular formula is C28H33N7O2. The number of aromatic amines is 1. The molecule has 0 unspecified atom stereocenters. The summed E-state index contributed by atoms with van der Waals surface area (Å²) in [5.74, 6) is 0.699. The molecule has 2 aliphatic heterocycles. The SMILES string of the molecule is Cc1ccc2[nH]c(=O)c([C@@H](c3nnnn3C[C@H]3CCCO3)N3CCN(Cc4ccccc4)CC3)cc2c1. The maximum atomic E-state index is 13.5. The van der Waals surface area contributed by atoms with Crippen molar-refractivity contribution in [3.05, 3.63) is 87.5 Å². The molecule has 0 aliphatic carbocycles. The van der Waals surface area contributed by atoms with Crippen molar-refractivity contribution in [1.82, 2.24) is 35.0 Å². The van der Waals surface area contributed by atoms with Crippen LogP contribution in [0.1, 0.15) is 41.4 Å². The highest BCUT2D eigenvalue weighted by Crippen LogP contribution is 2.29. The summed E-state index contributed by atoms with van der Waals surface area (Å²) in [6.07, 6.45) is 2.15. The number of pyridine rings is 1. The van der Waals surface area contributed by atoms with Gasteiger partial charge >= 0.3 is 0 Å². The second-order valence-corrected chi connectivity index (χ2v) is 10.2. The number of benzene rings is 2. The van der Waals surface area contributed by atoms with Gasteiger partial charge in [-0.2, -0.15) is 0 Å². The van der Waals surface area contributed by atoms with Gasteiger partial charge in [0.2, 0.25) is 0 Å². The van der Waals surface area contributed by atoms with Gasteiger partial charge in [-0.3, -0.25) is 14.6 Å². The van der Waals surface area contributed by atoms with Crippen molar-refractivity contribution in [2.45, 2.75) is 45.0 Å². The highest BCUT2D eigenvalue weighted by atomic mass is 16.5. The molecule has 1 N–H and O–H groups in total. The average molecular weight is 500 g/mol. The van der Waals surface area contributed by atoms with Crippen molar-refractivity contribution >= 4 is 10.9 Å². The van der Waals surface area contributed by atoms with Crippen LogP contribution in [0.5, 0.6) is 0 Å². The lowest BCUT2D eigenvalue weighted by Crippen LogP contribution is -2.48. The van der Waals surface area contributed by atoms with E-state index in [1.54, 1.807) is 0 Å². The number of ether oxygens (including phenoxy) is 1. The molecule has 2 aromatic heterocycles. The lowest BCUT2D eigenvalue weighted by Gasteiger charge is -2.38. The van der Waals surface area contributed by atoms with E-state index in [0.29, 0.717) is 17.9 Å². The Morgan fingerprint density at radius 1 is 1.08 bits per heavy atom. The van der Waals surface area contributed by atoms with Crippen LogP contribution in [0.3, 0.4) is 0 Å². The second-order valence-electron chi connectivity index (χ2n) is 10.2. The lowest BCUT2D eigenvalue weighted by atomic mass is 10.0. The van der Waals surface area contributed by atoms with Gasteiger partial charge in [-0.15, -0.1) is 5.10 Å². The van der Waals surface area contributed by atoms with Crippen LogP contribution in [0.4, 0.5) is 0 Å². The van der Waals surface area contributed by atoms with Crippen LogP contribution < -0.4 is 5.56 Å². The highest BCUT2D eigenvalue weighted by Gasteiger charge is 2.33. The zero-order valence-electron chi connectivity index (χ0n) is 21.2. The van der Waals surface area contributed by atoms with Crippen molar-refractivity contribution < 1.29 is 4.74 Å². The minimum absolute atomic E-state index is 0.0975. The van der Waals surface area contributed by atoms with Crippen molar-refractivity contribution in [1.29, 1.82) is 0 Å². The van der Waals surface area contributed by atoms with Gasteiger partial charge in [0.25, 0.3) is 5.56 Å². The normalized spacial score (nSPS) is 20.0. The molecule has 6 rings (SSSR count).